The number of halogens is 1. The monoisotopic (exact) mass is 399 g/mol. The third kappa shape index (κ3) is 5.34. The van der Waals surface area contributed by atoms with Gasteiger partial charge in [-0.3, -0.25) is 9.69 Å². The number of nitrogens with one attached hydrogen (secondary N) is 1. The number of β-amino-alcohol motifs (C(OH)–C–C–N with tert-alkyl or cyclic N) is 1. The van der Waals surface area contributed by atoms with Crippen molar-refractivity contribution in [2.75, 3.05) is 38.1 Å². The summed E-state index contributed by atoms with van der Waals surface area (Å²) in [5.41, 5.74) is 1.86. The fourth-order valence-electron chi connectivity index (χ4n) is 3.79. The van der Waals surface area contributed by atoms with Gasteiger partial charge in [-0.15, -0.1) is 0 Å². The SMILES string of the molecule is CCCNC(=O)c1ccc(N(C)C(CN2CCC(O)C2)c2ccccc2)c(F)c1. The minimum atomic E-state index is -0.418. The summed E-state index contributed by atoms with van der Waals surface area (Å²) >= 11 is 0. The van der Waals surface area contributed by atoms with Gasteiger partial charge < -0.3 is 15.3 Å². The molecule has 2 N–H and O–H groups in total. The zero-order chi connectivity index (χ0) is 20.8. The molecule has 1 heterocycles. The second kappa shape index (κ2) is 9.85. The fourth-order valence-corrected chi connectivity index (χ4v) is 3.79. The van der Waals surface area contributed by atoms with Crippen LogP contribution in [0.25, 0.3) is 0 Å². The third-order valence-electron chi connectivity index (χ3n) is 5.46. The summed E-state index contributed by atoms with van der Waals surface area (Å²) in [6.45, 7) is 4.70. The van der Waals surface area contributed by atoms with Gasteiger partial charge in [0, 0.05) is 38.8 Å². The fraction of sp³-hybridized carbons (Fsp3) is 0.435. The Bertz CT molecular complexity index is 815. The predicted molar refractivity (Wildman–Crippen MR) is 114 cm³/mol. The quantitative estimate of drug-likeness (QED) is 0.716. The van der Waals surface area contributed by atoms with E-state index >= 15 is 0 Å². The van der Waals surface area contributed by atoms with Gasteiger partial charge >= 0.3 is 0 Å². The molecule has 6 heteroatoms. The van der Waals surface area contributed by atoms with Crippen LogP contribution in [0.2, 0.25) is 0 Å². The molecule has 5 nitrogen and oxygen atoms in total. The Labute approximate surface area is 172 Å². The first-order valence-corrected chi connectivity index (χ1v) is 10.3. The molecule has 1 saturated heterocycles. The third-order valence-corrected chi connectivity index (χ3v) is 5.46. The Hall–Kier alpha value is -2.44. The summed E-state index contributed by atoms with van der Waals surface area (Å²) in [5, 5.41) is 12.6. The van der Waals surface area contributed by atoms with Gasteiger partial charge in [0.05, 0.1) is 17.8 Å². The Morgan fingerprint density at radius 2 is 2.07 bits per heavy atom. The number of hydrogen-bond donors (Lipinski definition) is 2. The number of anilines is 1. The smallest absolute Gasteiger partial charge is 0.251 e. The van der Waals surface area contributed by atoms with Crippen LogP contribution in [0.15, 0.2) is 48.5 Å². The lowest BCUT2D eigenvalue weighted by Crippen LogP contribution is -2.36. The predicted octanol–water partition coefficient (Wildman–Crippen LogP) is 3.21. The van der Waals surface area contributed by atoms with Gasteiger partial charge in [0.2, 0.25) is 0 Å². The van der Waals surface area contributed by atoms with Crippen molar-refractivity contribution in [1.82, 2.24) is 10.2 Å². The van der Waals surface area contributed by atoms with Crippen LogP contribution < -0.4 is 10.2 Å². The lowest BCUT2D eigenvalue weighted by Gasteiger charge is -2.34. The molecule has 2 atom stereocenters. The van der Waals surface area contributed by atoms with Crippen LogP contribution in [0.3, 0.4) is 0 Å². The van der Waals surface area contributed by atoms with Crippen molar-refractivity contribution in [3.63, 3.8) is 0 Å². The molecule has 0 radical (unpaired) electrons. The van der Waals surface area contributed by atoms with Crippen LogP contribution in [0.1, 0.15) is 41.7 Å². The molecule has 2 aromatic carbocycles. The molecule has 29 heavy (non-hydrogen) atoms. The van der Waals surface area contributed by atoms with Gasteiger partial charge in [0.1, 0.15) is 5.82 Å². The Balaban J connectivity index is 1.83. The van der Waals surface area contributed by atoms with E-state index in [-0.39, 0.29) is 18.1 Å². The number of benzene rings is 2. The first kappa shape index (κ1) is 21.3. The standard InChI is InChI=1S/C23H30FN3O2/c1-3-12-25-23(29)18-9-10-21(20(24)14-18)26(2)22(17-7-5-4-6-8-17)16-27-13-11-19(28)15-27/h4-10,14,19,22,28H,3,11-13,15-16H2,1-2H3,(H,25,29). The number of aliphatic hydroxyl groups is 1. The minimum absolute atomic E-state index is 0.0734. The van der Waals surface area contributed by atoms with E-state index < -0.39 is 5.82 Å². The van der Waals surface area contributed by atoms with E-state index in [1.54, 1.807) is 12.1 Å². The van der Waals surface area contributed by atoms with Gasteiger partial charge in [0.25, 0.3) is 5.91 Å². The number of nitrogens with zero attached hydrogens (tertiary/aromatic N) is 2. The van der Waals surface area contributed by atoms with Crippen LogP contribution in [0, 0.1) is 5.82 Å². The topological polar surface area (TPSA) is 55.8 Å². The highest BCUT2D eigenvalue weighted by molar-refractivity contribution is 5.94. The molecule has 0 aliphatic carbocycles. The summed E-state index contributed by atoms with van der Waals surface area (Å²) in [4.78, 5) is 16.3. The summed E-state index contributed by atoms with van der Waals surface area (Å²) in [5.74, 6) is -0.676. The Morgan fingerprint density at radius 3 is 2.69 bits per heavy atom. The Kier molecular flexibility index (Phi) is 7.23. The molecule has 1 fully saturated rings. The molecule has 3 rings (SSSR count). The van der Waals surface area contributed by atoms with E-state index in [0.717, 1.165) is 24.9 Å². The highest BCUT2D eigenvalue weighted by Crippen LogP contribution is 2.30. The maximum atomic E-state index is 15.0. The van der Waals surface area contributed by atoms with E-state index in [4.69, 9.17) is 0 Å². The largest absolute Gasteiger partial charge is 0.392 e. The number of aliphatic hydroxyl groups excluding tert-OH is 1. The molecule has 1 aliphatic heterocycles. The van der Waals surface area contributed by atoms with Gasteiger partial charge in [-0.1, -0.05) is 37.3 Å². The lowest BCUT2D eigenvalue weighted by atomic mass is 10.0. The highest BCUT2D eigenvalue weighted by Gasteiger charge is 2.27. The van der Waals surface area contributed by atoms with E-state index in [9.17, 15) is 14.3 Å². The molecule has 0 bridgehead atoms. The molecular weight excluding hydrogens is 369 g/mol. The van der Waals surface area contributed by atoms with Crippen molar-refractivity contribution < 1.29 is 14.3 Å². The molecule has 2 unspecified atom stereocenters. The average Bonchev–Trinajstić information content (AvgIpc) is 3.15. The first-order chi connectivity index (χ1) is 14.0. The van der Waals surface area contributed by atoms with E-state index in [1.165, 1.54) is 6.07 Å². The molecule has 1 aliphatic rings. The first-order valence-electron chi connectivity index (χ1n) is 10.3. The van der Waals surface area contributed by atoms with Gasteiger partial charge in [0.15, 0.2) is 0 Å². The molecule has 0 saturated carbocycles. The second-order valence-corrected chi connectivity index (χ2v) is 7.66. The van der Waals surface area contributed by atoms with E-state index in [1.807, 2.05) is 49.2 Å². The molecule has 2 aromatic rings. The zero-order valence-corrected chi connectivity index (χ0v) is 17.1. The number of likely N-dealkylation sites (tertiary alicyclic amines) is 1. The van der Waals surface area contributed by atoms with E-state index in [0.29, 0.717) is 30.9 Å². The number of hydrogen-bond acceptors (Lipinski definition) is 4. The van der Waals surface area contributed by atoms with Crippen LogP contribution in [-0.4, -0.2) is 55.2 Å². The number of carbonyl (C=O) groups excluding carboxylic acids is 1. The van der Waals surface area contributed by atoms with Crippen LogP contribution in [0.5, 0.6) is 0 Å². The van der Waals surface area contributed by atoms with Crippen LogP contribution >= 0.6 is 0 Å². The molecular formula is C23H30FN3O2. The normalized spacial score (nSPS) is 17.9. The van der Waals surface area contributed by atoms with Crippen molar-refractivity contribution in [3.8, 4) is 0 Å². The molecule has 156 valence electrons. The molecule has 1 amide bonds. The maximum absolute atomic E-state index is 15.0. The van der Waals surface area contributed by atoms with Gasteiger partial charge in [-0.2, -0.15) is 0 Å². The molecule has 0 aromatic heterocycles. The zero-order valence-electron chi connectivity index (χ0n) is 17.1. The number of likely N-dealkylation sites (N-methyl/N-ethyl adjacent to an activating group) is 1. The Morgan fingerprint density at radius 1 is 1.31 bits per heavy atom. The summed E-state index contributed by atoms with van der Waals surface area (Å²) < 4.78 is 15.0. The summed E-state index contributed by atoms with van der Waals surface area (Å²) in [6.07, 6.45) is 1.30. The number of rotatable bonds is 8. The van der Waals surface area contributed by atoms with Crippen LogP contribution in [-0.2, 0) is 0 Å². The van der Waals surface area contributed by atoms with Crippen molar-refractivity contribution >= 4 is 11.6 Å². The summed E-state index contributed by atoms with van der Waals surface area (Å²) in [6, 6.07) is 14.6. The van der Waals surface area contributed by atoms with Crippen LogP contribution in [0.4, 0.5) is 10.1 Å². The van der Waals surface area contributed by atoms with Gasteiger partial charge in [-0.25, -0.2) is 4.39 Å². The van der Waals surface area contributed by atoms with Gasteiger partial charge in [-0.05, 0) is 36.6 Å². The van der Waals surface area contributed by atoms with Crippen molar-refractivity contribution in [2.24, 2.45) is 0 Å². The second-order valence-electron chi connectivity index (χ2n) is 7.66. The van der Waals surface area contributed by atoms with Crippen molar-refractivity contribution in [3.05, 3.63) is 65.5 Å². The molecule has 0 spiro atoms. The van der Waals surface area contributed by atoms with E-state index in [2.05, 4.69) is 10.2 Å². The van der Waals surface area contributed by atoms with Crippen molar-refractivity contribution in [2.45, 2.75) is 31.9 Å². The number of carbonyl (C=O) groups is 1. The number of amides is 1. The average molecular weight is 400 g/mol. The minimum Gasteiger partial charge on any atom is -0.392 e. The van der Waals surface area contributed by atoms with Crippen molar-refractivity contribution in [1.29, 1.82) is 0 Å². The highest BCUT2D eigenvalue weighted by atomic mass is 19.1. The summed E-state index contributed by atoms with van der Waals surface area (Å²) in [7, 11) is 1.87. The maximum Gasteiger partial charge on any atom is 0.251 e. The lowest BCUT2D eigenvalue weighted by molar-refractivity contribution is 0.0953.